The molecule has 1 aromatic carbocycles. The van der Waals surface area contributed by atoms with Crippen molar-refractivity contribution >= 4 is 23.2 Å². The fraction of sp³-hybridized carbons (Fsp3) is 0.200. The maximum atomic E-state index is 11.6. The van der Waals surface area contributed by atoms with Crippen LogP contribution >= 0.6 is 11.3 Å². The van der Waals surface area contributed by atoms with E-state index in [1.807, 2.05) is 26.0 Å². The summed E-state index contributed by atoms with van der Waals surface area (Å²) in [6.45, 7) is 3.75. The smallest absolute Gasteiger partial charge is 0.279 e. The largest absolute Gasteiger partial charge is 0.483 e. The van der Waals surface area contributed by atoms with Crippen molar-refractivity contribution in [1.29, 1.82) is 0 Å². The number of amides is 2. The zero-order valence-electron chi connectivity index (χ0n) is 11.8. The number of thiophene rings is 1. The van der Waals surface area contributed by atoms with Gasteiger partial charge in [-0.1, -0.05) is 18.2 Å². The van der Waals surface area contributed by atoms with Gasteiger partial charge in [-0.2, -0.15) is 0 Å². The predicted octanol–water partition coefficient (Wildman–Crippen LogP) is 2.20. The van der Waals surface area contributed by atoms with E-state index in [1.54, 1.807) is 23.6 Å². The molecule has 0 aliphatic rings. The number of hydrazine groups is 1. The molecular weight excluding hydrogens is 288 g/mol. The van der Waals surface area contributed by atoms with Crippen LogP contribution in [0, 0.1) is 13.8 Å². The average molecular weight is 304 g/mol. The second-order valence-electron chi connectivity index (χ2n) is 4.47. The lowest BCUT2D eigenvalue weighted by molar-refractivity contribution is -0.123. The van der Waals surface area contributed by atoms with E-state index >= 15 is 0 Å². The van der Waals surface area contributed by atoms with Crippen LogP contribution in [0.3, 0.4) is 0 Å². The normalized spacial score (nSPS) is 10.0. The molecule has 2 N–H and O–H groups in total. The van der Waals surface area contributed by atoms with Crippen molar-refractivity contribution in [1.82, 2.24) is 10.9 Å². The predicted molar refractivity (Wildman–Crippen MR) is 81.3 cm³/mol. The Bertz CT molecular complexity index is 638. The fourth-order valence-electron chi connectivity index (χ4n) is 1.66. The van der Waals surface area contributed by atoms with Gasteiger partial charge < -0.3 is 4.74 Å². The molecule has 1 heterocycles. The lowest BCUT2D eigenvalue weighted by Crippen LogP contribution is -2.43. The van der Waals surface area contributed by atoms with Gasteiger partial charge in [0.25, 0.3) is 11.8 Å². The molecule has 0 bridgehead atoms. The third kappa shape index (κ3) is 4.06. The van der Waals surface area contributed by atoms with Crippen LogP contribution < -0.4 is 15.6 Å². The van der Waals surface area contributed by atoms with Gasteiger partial charge in [0, 0.05) is 0 Å². The summed E-state index contributed by atoms with van der Waals surface area (Å²) in [6, 6.07) is 9.10. The lowest BCUT2D eigenvalue weighted by atomic mass is 10.1. The Morgan fingerprint density at radius 1 is 1.14 bits per heavy atom. The number of hydrogen-bond donors (Lipinski definition) is 2. The zero-order chi connectivity index (χ0) is 15.2. The Kier molecular flexibility index (Phi) is 4.94. The summed E-state index contributed by atoms with van der Waals surface area (Å²) in [5, 5.41) is 1.79. The Hall–Kier alpha value is -2.34. The summed E-state index contributed by atoms with van der Waals surface area (Å²) < 4.78 is 5.44. The minimum absolute atomic E-state index is 0.158. The van der Waals surface area contributed by atoms with Gasteiger partial charge in [-0.05, 0) is 42.5 Å². The summed E-state index contributed by atoms with van der Waals surface area (Å²) >= 11 is 1.30. The van der Waals surface area contributed by atoms with E-state index in [0.717, 1.165) is 11.1 Å². The summed E-state index contributed by atoms with van der Waals surface area (Å²) in [4.78, 5) is 23.8. The van der Waals surface area contributed by atoms with Gasteiger partial charge >= 0.3 is 0 Å². The van der Waals surface area contributed by atoms with E-state index in [2.05, 4.69) is 10.9 Å². The van der Waals surface area contributed by atoms with Gasteiger partial charge in [0.1, 0.15) is 5.75 Å². The topological polar surface area (TPSA) is 67.4 Å². The SMILES string of the molecule is Cc1cccc(OCC(=O)NNC(=O)c2cccs2)c1C. The molecule has 0 radical (unpaired) electrons. The molecule has 0 unspecified atom stereocenters. The van der Waals surface area contributed by atoms with Crippen LogP contribution in [0.4, 0.5) is 0 Å². The monoisotopic (exact) mass is 304 g/mol. The van der Waals surface area contributed by atoms with Crippen molar-refractivity contribution in [2.75, 3.05) is 6.61 Å². The molecule has 0 spiro atoms. The summed E-state index contributed by atoms with van der Waals surface area (Å²) in [7, 11) is 0. The Labute approximate surface area is 126 Å². The molecule has 1 aromatic heterocycles. The van der Waals surface area contributed by atoms with E-state index in [4.69, 9.17) is 4.74 Å². The molecular formula is C15H16N2O3S. The van der Waals surface area contributed by atoms with Crippen LogP contribution in [0.5, 0.6) is 5.75 Å². The lowest BCUT2D eigenvalue weighted by Gasteiger charge is -2.11. The highest BCUT2D eigenvalue weighted by Gasteiger charge is 2.09. The third-order valence-corrected chi connectivity index (χ3v) is 3.84. The Morgan fingerprint density at radius 3 is 2.67 bits per heavy atom. The van der Waals surface area contributed by atoms with Crippen molar-refractivity contribution in [3.05, 3.63) is 51.7 Å². The molecule has 5 nitrogen and oxygen atoms in total. The second kappa shape index (κ2) is 6.90. The van der Waals surface area contributed by atoms with Crippen molar-refractivity contribution < 1.29 is 14.3 Å². The van der Waals surface area contributed by atoms with Crippen molar-refractivity contribution in [2.24, 2.45) is 0 Å². The van der Waals surface area contributed by atoms with Gasteiger partial charge in [-0.25, -0.2) is 0 Å². The highest BCUT2D eigenvalue weighted by Crippen LogP contribution is 2.20. The molecule has 0 aliphatic heterocycles. The molecule has 2 aromatic rings. The van der Waals surface area contributed by atoms with Gasteiger partial charge in [-0.3, -0.25) is 20.4 Å². The number of benzene rings is 1. The Morgan fingerprint density at radius 2 is 1.95 bits per heavy atom. The second-order valence-corrected chi connectivity index (χ2v) is 5.41. The Balaban J connectivity index is 1.80. The molecule has 2 amide bonds. The first-order chi connectivity index (χ1) is 10.1. The zero-order valence-corrected chi connectivity index (χ0v) is 12.6. The molecule has 0 saturated heterocycles. The van der Waals surface area contributed by atoms with E-state index in [-0.39, 0.29) is 12.5 Å². The fourth-order valence-corrected chi connectivity index (χ4v) is 2.27. The first-order valence-corrected chi connectivity index (χ1v) is 7.27. The van der Waals surface area contributed by atoms with E-state index in [0.29, 0.717) is 10.6 Å². The number of carbonyl (C=O) groups excluding carboxylic acids is 2. The highest BCUT2D eigenvalue weighted by atomic mass is 32.1. The molecule has 0 saturated carbocycles. The van der Waals surface area contributed by atoms with Crippen molar-refractivity contribution in [3.8, 4) is 5.75 Å². The highest BCUT2D eigenvalue weighted by molar-refractivity contribution is 7.12. The van der Waals surface area contributed by atoms with E-state index < -0.39 is 5.91 Å². The molecule has 0 fully saturated rings. The van der Waals surface area contributed by atoms with Crippen LogP contribution in [-0.2, 0) is 4.79 Å². The van der Waals surface area contributed by atoms with E-state index in [1.165, 1.54) is 11.3 Å². The van der Waals surface area contributed by atoms with Crippen molar-refractivity contribution in [2.45, 2.75) is 13.8 Å². The number of carbonyl (C=O) groups is 2. The van der Waals surface area contributed by atoms with E-state index in [9.17, 15) is 9.59 Å². The number of nitrogens with one attached hydrogen (secondary N) is 2. The minimum Gasteiger partial charge on any atom is -0.483 e. The molecule has 0 aliphatic carbocycles. The number of ether oxygens (including phenoxy) is 1. The quantitative estimate of drug-likeness (QED) is 0.851. The van der Waals surface area contributed by atoms with Gasteiger partial charge in [-0.15, -0.1) is 11.3 Å². The third-order valence-electron chi connectivity index (χ3n) is 2.97. The maximum absolute atomic E-state index is 11.6. The van der Waals surface area contributed by atoms with Crippen LogP contribution in [0.15, 0.2) is 35.7 Å². The number of hydrogen-bond acceptors (Lipinski definition) is 4. The first kappa shape index (κ1) is 15.1. The minimum atomic E-state index is -0.416. The average Bonchev–Trinajstić information content (AvgIpc) is 3.00. The van der Waals surface area contributed by atoms with Crippen LogP contribution in [0.1, 0.15) is 20.8 Å². The summed E-state index contributed by atoms with van der Waals surface area (Å²) in [5.41, 5.74) is 6.75. The van der Waals surface area contributed by atoms with Crippen molar-refractivity contribution in [3.63, 3.8) is 0 Å². The molecule has 6 heteroatoms. The standard InChI is InChI=1S/C15H16N2O3S/c1-10-5-3-6-12(11(10)2)20-9-14(18)16-17-15(19)13-7-4-8-21-13/h3-8H,9H2,1-2H3,(H,16,18)(H,17,19). The van der Waals surface area contributed by atoms with Crippen LogP contribution in [0.25, 0.3) is 0 Å². The number of aryl methyl sites for hydroxylation is 1. The molecule has 21 heavy (non-hydrogen) atoms. The van der Waals surface area contributed by atoms with Crippen LogP contribution in [0.2, 0.25) is 0 Å². The number of rotatable bonds is 4. The summed E-state index contributed by atoms with van der Waals surface area (Å²) in [6.07, 6.45) is 0. The molecule has 110 valence electrons. The van der Waals surface area contributed by atoms with Gasteiger partial charge in [0.05, 0.1) is 4.88 Å². The molecule has 0 atom stereocenters. The summed E-state index contributed by atoms with van der Waals surface area (Å²) in [5.74, 6) is -0.0966. The maximum Gasteiger partial charge on any atom is 0.279 e. The van der Waals surface area contributed by atoms with Gasteiger partial charge in [0.2, 0.25) is 0 Å². The molecule has 2 rings (SSSR count). The van der Waals surface area contributed by atoms with Gasteiger partial charge in [0.15, 0.2) is 6.61 Å². The van der Waals surface area contributed by atoms with Crippen LogP contribution in [-0.4, -0.2) is 18.4 Å². The first-order valence-electron chi connectivity index (χ1n) is 6.39.